The Hall–Kier alpha value is -1.21. The third kappa shape index (κ3) is 2.46. The first-order valence-corrected chi connectivity index (χ1v) is 7.52. The van der Waals surface area contributed by atoms with Crippen LogP contribution in [0.4, 0.5) is 5.95 Å². The maximum absolute atomic E-state index is 12.3. The van der Waals surface area contributed by atoms with Gasteiger partial charge in [0.25, 0.3) is 0 Å². The van der Waals surface area contributed by atoms with Crippen molar-refractivity contribution in [3.05, 3.63) is 12.4 Å². The number of hydrogen-bond acceptors (Lipinski definition) is 5. The molecule has 1 fully saturated rings. The molecule has 0 bridgehead atoms. The number of nitrogens with one attached hydrogen (secondary N) is 1. The average molecular weight is 270 g/mol. The number of rotatable bonds is 4. The van der Waals surface area contributed by atoms with Crippen molar-refractivity contribution in [1.29, 1.82) is 0 Å². The quantitative estimate of drug-likeness (QED) is 0.881. The highest BCUT2D eigenvalue weighted by atomic mass is 32.2. The molecule has 1 aliphatic rings. The van der Waals surface area contributed by atoms with E-state index in [4.69, 9.17) is 0 Å². The van der Waals surface area contributed by atoms with Gasteiger partial charge in [0.15, 0.2) is 0 Å². The molecule has 100 valence electrons. The molecule has 0 aromatic carbocycles. The first kappa shape index (κ1) is 13.2. The van der Waals surface area contributed by atoms with E-state index in [9.17, 15) is 8.42 Å². The zero-order valence-corrected chi connectivity index (χ0v) is 11.4. The van der Waals surface area contributed by atoms with E-state index in [-0.39, 0.29) is 4.90 Å². The fourth-order valence-electron chi connectivity index (χ4n) is 2.08. The maximum Gasteiger partial charge on any atom is 0.246 e. The summed E-state index contributed by atoms with van der Waals surface area (Å²) in [6, 6.07) is 0. The lowest BCUT2D eigenvalue weighted by atomic mass is 10.1. The van der Waals surface area contributed by atoms with Gasteiger partial charge >= 0.3 is 0 Å². The van der Waals surface area contributed by atoms with Gasteiger partial charge in [0.05, 0.1) is 12.4 Å². The van der Waals surface area contributed by atoms with Crippen LogP contribution in [0.5, 0.6) is 0 Å². The zero-order valence-electron chi connectivity index (χ0n) is 10.6. The van der Waals surface area contributed by atoms with Crippen molar-refractivity contribution in [1.82, 2.24) is 14.3 Å². The summed E-state index contributed by atoms with van der Waals surface area (Å²) in [5.41, 5.74) is 0. The van der Waals surface area contributed by atoms with Crippen molar-refractivity contribution in [3.63, 3.8) is 0 Å². The fourth-order valence-corrected chi connectivity index (χ4v) is 3.50. The van der Waals surface area contributed by atoms with E-state index < -0.39 is 10.0 Å². The molecule has 2 rings (SSSR count). The minimum absolute atomic E-state index is 0.165. The Bertz CT molecular complexity index is 500. The van der Waals surface area contributed by atoms with Gasteiger partial charge in [0.2, 0.25) is 16.0 Å². The van der Waals surface area contributed by atoms with E-state index in [1.165, 1.54) is 16.7 Å². The Morgan fingerprint density at radius 1 is 1.44 bits per heavy atom. The van der Waals surface area contributed by atoms with Crippen molar-refractivity contribution in [2.24, 2.45) is 5.92 Å². The van der Waals surface area contributed by atoms with E-state index in [1.807, 2.05) is 0 Å². The van der Waals surface area contributed by atoms with Crippen molar-refractivity contribution in [2.45, 2.75) is 24.7 Å². The summed E-state index contributed by atoms with van der Waals surface area (Å²) in [6.45, 7) is 3.28. The molecular formula is C11H18N4O2S. The van der Waals surface area contributed by atoms with Gasteiger partial charge < -0.3 is 5.32 Å². The van der Waals surface area contributed by atoms with Gasteiger partial charge in [-0.2, -0.15) is 4.31 Å². The molecule has 0 aliphatic carbocycles. The smallest absolute Gasteiger partial charge is 0.246 e. The molecular weight excluding hydrogens is 252 g/mol. The van der Waals surface area contributed by atoms with Gasteiger partial charge in [-0.15, -0.1) is 0 Å². The predicted octanol–water partition coefficient (Wildman–Crippen LogP) is 0.939. The van der Waals surface area contributed by atoms with Crippen LogP contribution in [0.3, 0.4) is 0 Å². The Balaban J connectivity index is 2.20. The molecule has 1 aromatic rings. The highest BCUT2D eigenvalue weighted by molar-refractivity contribution is 7.89. The molecule has 18 heavy (non-hydrogen) atoms. The van der Waals surface area contributed by atoms with Gasteiger partial charge in [0, 0.05) is 20.1 Å². The van der Waals surface area contributed by atoms with Gasteiger partial charge in [0.1, 0.15) is 4.90 Å². The number of nitrogens with zero attached hydrogens (tertiary/aromatic N) is 3. The minimum Gasteiger partial charge on any atom is -0.357 e. The number of hydrogen-bond donors (Lipinski definition) is 1. The standard InChI is InChI=1S/C11H18N4O2S/c1-3-9-4-5-15(8-9)18(16,17)10-6-13-11(12-2)14-7-10/h6-7,9H,3-5,8H2,1-2H3,(H,12,13,14). The Labute approximate surface area is 107 Å². The Kier molecular flexibility index (Phi) is 3.82. The third-order valence-electron chi connectivity index (χ3n) is 3.32. The molecule has 2 heterocycles. The van der Waals surface area contributed by atoms with Crippen molar-refractivity contribution >= 4 is 16.0 Å². The lowest BCUT2D eigenvalue weighted by Gasteiger charge is -2.15. The van der Waals surface area contributed by atoms with E-state index in [2.05, 4.69) is 22.2 Å². The Morgan fingerprint density at radius 2 is 2.11 bits per heavy atom. The topological polar surface area (TPSA) is 75.2 Å². The van der Waals surface area contributed by atoms with Crippen LogP contribution in [0.2, 0.25) is 0 Å². The molecule has 1 atom stereocenters. The van der Waals surface area contributed by atoms with Crippen LogP contribution >= 0.6 is 0 Å². The summed E-state index contributed by atoms with van der Waals surface area (Å²) in [5, 5.41) is 2.76. The highest BCUT2D eigenvalue weighted by Crippen LogP contribution is 2.25. The van der Waals surface area contributed by atoms with Crippen LogP contribution < -0.4 is 5.32 Å². The van der Waals surface area contributed by atoms with Gasteiger partial charge in [-0.25, -0.2) is 18.4 Å². The van der Waals surface area contributed by atoms with Gasteiger partial charge in [-0.1, -0.05) is 13.3 Å². The molecule has 1 aromatic heterocycles. The molecule has 0 radical (unpaired) electrons. The number of anilines is 1. The number of sulfonamides is 1. The molecule has 1 unspecified atom stereocenters. The van der Waals surface area contributed by atoms with Crippen molar-refractivity contribution in [2.75, 3.05) is 25.5 Å². The third-order valence-corrected chi connectivity index (χ3v) is 5.13. The second-order valence-electron chi connectivity index (χ2n) is 4.42. The summed E-state index contributed by atoms with van der Waals surface area (Å²) in [5.74, 6) is 0.888. The zero-order chi connectivity index (χ0) is 13.2. The van der Waals surface area contributed by atoms with Crippen LogP contribution in [-0.2, 0) is 10.0 Å². The van der Waals surface area contributed by atoms with Crippen LogP contribution in [0.15, 0.2) is 17.3 Å². The molecule has 1 aliphatic heterocycles. The fraction of sp³-hybridized carbons (Fsp3) is 0.636. The molecule has 0 amide bonds. The lowest BCUT2D eigenvalue weighted by Crippen LogP contribution is -2.29. The molecule has 6 nitrogen and oxygen atoms in total. The lowest BCUT2D eigenvalue weighted by molar-refractivity contribution is 0.452. The van der Waals surface area contributed by atoms with Crippen molar-refractivity contribution < 1.29 is 8.42 Å². The maximum atomic E-state index is 12.3. The highest BCUT2D eigenvalue weighted by Gasteiger charge is 2.32. The van der Waals surface area contributed by atoms with Crippen molar-refractivity contribution in [3.8, 4) is 0 Å². The predicted molar refractivity (Wildman–Crippen MR) is 68.7 cm³/mol. The summed E-state index contributed by atoms with van der Waals surface area (Å²) in [7, 11) is -1.74. The van der Waals surface area contributed by atoms with E-state index in [0.717, 1.165) is 12.8 Å². The summed E-state index contributed by atoms with van der Waals surface area (Å²) in [6.07, 6.45) is 4.66. The monoisotopic (exact) mass is 270 g/mol. The molecule has 1 N–H and O–H groups in total. The van der Waals surface area contributed by atoms with Gasteiger partial charge in [-0.3, -0.25) is 0 Å². The van der Waals surface area contributed by atoms with E-state index >= 15 is 0 Å². The molecule has 0 spiro atoms. The molecule has 7 heteroatoms. The normalized spacial score (nSPS) is 21.1. The summed E-state index contributed by atoms with van der Waals surface area (Å²) in [4.78, 5) is 8.06. The molecule has 0 saturated carbocycles. The second-order valence-corrected chi connectivity index (χ2v) is 6.36. The number of aromatic nitrogens is 2. The SMILES string of the molecule is CCC1CCN(S(=O)(=O)c2cnc(NC)nc2)C1. The summed E-state index contributed by atoms with van der Waals surface area (Å²) < 4.78 is 26.2. The molecule has 1 saturated heterocycles. The second kappa shape index (κ2) is 5.19. The van der Waals surface area contributed by atoms with Crippen LogP contribution in [0.1, 0.15) is 19.8 Å². The first-order valence-electron chi connectivity index (χ1n) is 6.08. The van der Waals surface area contributed by atoms with E-state index in [0.29, 0.717) is 25.0 Å². The van der Waals surface area contributed by atoms with Crippen LogP contribution in [-0.4, -0.2) is 42.8 Å². The minimum atomic E-state index is -3.43. The Morgan fingerprint density at radius 3 is 2.61 bits per heavy atom. The largest absolute Gasteiger partial charge is 0.357 e. The van der Waals surface area contributed by atoms with E-state index in [1.54, 1.807) is 7.05 Å². The van der Waals surface area contributed by atoms with Crippen LogP contribution in [0.25, 0.3) is 0 Å². The van der Waals surface area contributed by atoms with Gasteiger partial charge in [-0.05, 0) is 12.3 Å². The average Bonchev–Trinajstić information content (AvgIpc) is 2.88. The first-order chi connectivity index (χ1) is 8.57. The summed E-state index contributed by atoms with van der Waals surface area (Å²) >= 11 is 0. The van der Waals surface area contributed by atoms with Crippen LogP contribution in [0, 0.1) is 5.92 Å².